The fourth-order valence-electron chi connectivity index (χ4n) is 1.71. The first-order chi connectivity index (χ1) is 9.63. The summed E-state index contributed by atoms with van der Waals surface area (Å²) in [5.74, 6) is 1.42. The van der Waals surface area contributed by atoms with E-state index in [2.05, 4.69) is 31.9 Å². The fourth-order valence-corrected chi connectivity index (χ4v) is 2.79. The van der Waals surface area contributed by atoms with Crippen molar-refractivity contribution in [2.24, 2.45) is 0 Å². The molecule has 20 heavy (non-hydrogen) atoms. The van der Waals surface area contributed by atoms with Crippen molar-refractivity contribution in [1.82, 2.24) is 0 Å². The number of rotatable bonds is 5. The normalized spacial score (nSPS) is 10.4. The van der Waals surface area contributed by atoms with Crippen LogP contribution in [-0.4, -0.2) is 7.11 Å². The van der Waals surface area contributed by atoms with E-state index in [0.29, 0.717) is 17.4 Å². The van der Waals surface area contributed by atoms with Crippen LogP contribution in [0.1, 0.15) is 11.1 Å². The first kappa shape index (κ1) is 15.7. The number of ether oxygens (including phenoxy) is 2. The largest absolute Gasteiger partial charge is 0.493 e. The molecule has 2 rings (SSSR count). The third-order valence-corrected chi connectivity index (χ3v) is 4.27. The van der Waals surface area contributed by atoms with Gasteiger partial charge in [-0.25, -0.2) is 0 Å². The van der Waals surface area contributed by atoms with Gasteiger partial charge >= 0.3 is 0 Å². The second-order valence-electron chi connectivity index (χ2n) is 4.14. The van der Waals surface area contributed by atoms with Crippen LogP contribution in [0.4, 0.5) is 0 Å². The van der Waals surface area contributed by atoms with Crippen molar-refractivity contribution in [2.75, 3.05) is 7.11 Å². The fraction of sp³-hybridized carbons (Fsp3) is 0.200. The predicted octanol–water partition coefficient (Wildman–Crippen LogP) is 5.59. The van der Waals surface area contributed by atoms with E-state index in [0.717, 1.165) is 26.7 Å². The molecule has 0 amide bonds. The van der Waals surface area contributed by atoms with Crippen LogP contribution in [0.25, 0.3) is 0 Å². The highest BCUT2D eigenvalue weighted by Gasteiger charge is 2.07. The average Bonchev–Trinajstić information content (AvgIpc) is 2.46. The van der Waals surface area contributed by atoms with E-state index in [4.69, 9.17) is 21.1 Å². The summed E-state index contributed by atoms with van der Waals surface area (Å²) in [7, 11) is 1.63. The highest BCUT2D eigenvalue weighted by molar-refractivity contribution is 9.10. The van der Waals surface area contributed by atoms with Gasteiger partial charge in [0.25, 0.3) is 0 Å². The van der Waals surface area contributed by atoms with E-state index in [1.54, 1.807) is 7.11 Å². The van der Waals surface area contributed by atoms with Gasteiger partial charge in [0, 0.05) is 20.4 Å². The lowest BCUT2D eigenvalue weighted by Crippen LogP contribution is -1.99. The summed E-state index contributed by atoms with van der Waals surface area (Å²) in [6, 6.07) is 11.6. The molecular weight excluding hydrogens is 407 g/mol. The van der Waals surface area contributed by atoms with E-state index in [1.807, 2.05) is 36.4 Å². The van der Waals surface area contributed by atoms with Gasteiger partial charge < -0.3 is 9.47 Å². The van der Waals surface area contributed by atoms with E-state index in [1.165, 1.54) is 0 Å². The zero-order chi connectivity index (χ0) is 14.5. The highest BCUT2D eigenvalue weighted by Crippen LogP contribution is 2.30. The van der Waals surface area contributed by atoms with Crippen LogP contribution in [0.5, 0.6) is 11.5 Å². The predicted molar refractivity (Wildman–Crippen MR) is 89.1 cm³/mol. The summed E-state index contributed by atoms with van der Waals surface area (Å²) in [5.41, 5.74) is 2.07. The van der Waals surface area contributed by atoms with Gasteiger partial charge in [0.1, 0.15) is 6.61 Å². The molecule has 0 aliphatic carbocycles. The Labute approximate surface area is 140 Å². The zero-order valence-electron chi connectivity index (χ0n) is 10.8. The zero-order valence-corrected chi connectivity index (χ0v) is 14.8. The van der Waals surface area contributed by atoms with E-state index in [-0.39, 0.29) is 0 Å². The molecule has 0 unspecified atom stereocenters. The molecule has 2 aromatic rings. The maximum atomic E-state index is 6.17. The quantitative estimate of drug-likeness (QED) is 0.588. The molecule has 0 bridgehead atoms. The Morgan fingerprint density at radius 1 is 1.10 bits per heavy atom. The average molecular weight is 421 g/mol. The Morgan fingerprint density at radius 3 is 2.55 bits per heavy atom. The summed E-state index contributed by atoms with van der Waals surface area (Å²) in [5, 5.41) is 1.46. The van der Waals surface area contributed by atoms with Gasteiger partial charge in [-0.15, -0.1) is 0 Å². The van der Waals surface area contributed by atoms with E-state index < -0.39 is 0 Å². The Balaban J connectivity index is 2.14. The maximum Gasteiger partial charge on any atom is 0.161 e. The molecule has 5 heteroatoms. The summed E-state index contributed by atoms with van der Waals surface area (Å²) in [4.78, 5) is 0. The number of hydrogen-bond acceptors (Lipinski definition) is 2. The minimum Gasteiger partial charge on any atom is -0.493 e. The van der Waals surface area contributed by atoms with Gasteiger partial charge in [-0.1, -0.05) is 55.6 Å². The van der Waals surface area contributed by atoms with Crippen molar-refractivity contribution in [1.29, 1.82) is 0 Å². The summed E-state index contributed by atoms with van der Waals surface area (Å²) in [6.07, 6.45) is 0. The van der Waals surface area contributed by atoms with Crippen LogP contribution < -0.4 is 9.47 Å². The number of benzene rings is 2. The van der Waals surface area contributed by atoms with Crippen LogP contribution in [0.15, 0.2) is 40.9 Å². The van der Waals surface area contributed by atoms with Crippen LogP contribution in [0, 0.1) is 0 Å². The third-order valence-electron chi connectivity index (χ3n) is 2.78. The molecule has 0 fully saturated rings. The molecule has 0 aliphatic rings. The van der Waals surface area contributed by atoms with E-state index in [9.17, 15) is 0 Å². The van der Waals surface area contributed by atoms with Gasteiger partial charge in [0.05, 0.1) is 7.11 Å². The van der Waals surface area contributed by atoms with Crippen molar-refractivity contribution in [3.05, 3.63) is 57.0 Å². The second-order valence-corrected chi connectivity index (χ2v) is 6.03. The maximum absolute atomic E-state index is 6.17. The van der Waals surface area contributed by atoms with Crippen LogP contribution in [0.2, 0.25) is 5.02 Å². The molecule has 0 radical (unpaired) electrons. The van der Waals surface area contributed by atoms with Crippen molar-refractivity contribution < 1.29 is 9.47 Å². The first-order valence-electron chi connectivity index (χ1n) is 5.93. The van der Waals surface area contributed by atoms with E-state index >= 15 is 0 Å². The molecule has 0 saturated heterocycles. The topological polar surface area (TPSA) is 18.5 Å². The van der Waals surface area contributed by atoms with Crippen LogP contribution in [-0.2, 0) is 11.9 Å². The summed E-state index contributed by atoms with van der Waals surface area (Å²) < 4.78 is 12.1. The molecule has 0 aromatic heterocycles. The molecule has 0 N–H and O–H groups in total. The SMILES string of the molecule is COc1cc(CBr)ccc1OCc1ccc(Br)cc1Cl. The van der Waals surface area contributed by atoms with Gasteiger partial charge in [-0.2, -0.15) is 0 Å². The van der Waals surface area contributed by atoms with Crippen LogP contribution >= 0.6 is 43.5 Å². The Bertz CT molecular complexity index is 602. The Morgan fingerprint density at radius 2 is 1.90 bits per heavy atom. The first-order valence-corrected chi connectivity index (χ1v) is 8.23. The van der Waals surface area contributed by atoms with Gasteiger partial charge in [-0.3, -0.25) is 0 Å². The smallest absolute Gasteiger partial charge is 0.161 e. The standard InChI is InChI=1S/C15H13Br2ClO2/c1-19-15-6-10(8-16)2-5-14(15)20-9-11-3-4-12(17)7-13(11)18/h2-7H,8-9H2,1H3. The minimum atomic E-state index is 0.399. The van der Waals surface area contributed by atoms with Crippen molar-refractivity contribution in [2.45, 2.75) is 11.9 Å². The van der Waals surface area contributed by atoms with Gasteiger partial charge in [-0.05, 0) is 29.8 Å². The van der Waals surface area contributed by atoms with Gasteiger partial charge in [0.15, 0.2) is 11.5 Å². The molecule has 106 valence electrons. The number of hydrogen-bond donors (Lipinski definition) is 0. The molecule has 0 heterocycles. The minimum absolute atomic E-state index is 0.399. The summed E-state index contributed by atoms with van der Waals surface area (Å²) in [6.45, 7) is 0.399. The van der Waals surface area contributed by atoms with Crippen LogP contribution in [0.3, 0.4) is 0 Å². The molecule has 0 spiro atoms. The van der Waals surface area contributed by atoms with Gasteiger partial charge in [0.2, 0.25) is 0 Å². The Hall–Kier alpha value is -0.710. The van der Waals surface area contributed by atoms with Crippen molar-refractivity contribution in [3.8, 4) is 11.5 Å². The molecule has 0 saturated carbocycles. The molecule has 0 aliphatic heterocycles. The Kier molecular flexibility index (Phi) is 5.75. The third kappa shape index (κ3) is 3.90. The number of methoxy groups -OCH3 is 1. The lowest BCUT2D eigenvalue weighted by Gasteiger charge is -2.12. The highest BCUT2D eigenvalue weighted by atomic mass is 79.9. The molecular formula is C15H13Br2ClO2. The lowest BCUT2D eigenvalue weighted by atomic mass is 10.2. The molecule has 2 nitrogen and oxygen atoms in total. The molecule has 2 aromatic carbocycles. The summed E-state index contributed by atoms with van der Waals surface area (Å²) >= 11 is 13.0. The molecule has 0 atom stereocenters. The monoisotopic (exact) mass is 418 g/mol. The second kappa shape index (κ2) is 7.34. The van der Waals surface area contributed by atoms with Crippen molar-refractivity contribution >= 4 is 43.5 Å². The lowest BCUT2D eigenvalue weighted by molar-refractivity contribution is 0.284. The number of halogens is 3. The number of alkyl halides is 1. The van der Waals surface area contributed by atoms with Crippen molar-refractivity contribution in [3.63, 3.8) is 0 Å².